The summed E-state index contributed by atoms with van der Waals surface area (Å²) in [5.74, 6) is -0.821. The van der Waals surface area contributed by atoms with Gasteiger partial charge in [-0.25, -0.2) is 13.2 Å². The van der Waals surface area contributed by atoms with Gasteiger partial charge in [-0.15, -0.1) is 0 Å². The van der Waals surface area contributed by atoms with E-state index in [1.807, 2.05) is 13.8 Å². The Hall–Kier alpha value is -1.60. The fourth-order valence-electron chi connectivity index (χ4n) is 2.66. The number of anilines is 1. The highest BCUT2D eigenvalue weighted by Crippen LogP contribution is 2.23. The van der Waals surface area contributed by atoms with E-state index in [4.69, 9.17) is 9.84 Å². The Kier molecular flexibility index (Phi) is 5.64. The number of hydrogen-bond donors (Lipinski definition) is 2. The monoisotopic (exact) mass is 341 g/mol. The first-order valence-electron chi connectivity index (χ1n) is 7.75. The molecule has 2 N–H and O–H groups in total. The molecule has 7 heteroatoms. The number of benzene rings is 1. The molecule has 0 saturated carbocycles. The molecule has 0 aromatic heterocycles. The molecular weight excluding hydrogens is 318 g/mol. The Balaban J connectivity index is 2.21. The van der Waals surface area contributed by atoms with Gasteiger partial charge < -0.3 is 9.84 Å². The van der Waals surface area contributed by atoms with Gasteiger partial charge in [0.15, 0.2) is 0 Å². The second kappa shape index (κ2) is 7.31. The summed E-state index contributed by atoms with van der Waals surface area (Å²) in [6.45, 7) is 4.60. The topological polar surface area (TPSA) is 92.7 Å². The van der Waals surface area contributed by atoms with Crippen LogP contribution in [0.5, 0.6) is 0 Å². The second-order valence-corrected chi connectivity index (χ2v) is 8.06. The predicted octanol–water partition coefficient (Wildman–Crippen LogP) is 2.50. The minimum Gasteiger partial charge on any atom is -0.478 e. The zero-order valence-corrected chi connectivity index (χ0v) is 14.2. The van der Waals surface area contributed by atoms with Crippen molar-refractivity contribution >= 4 is 21.7 Å². The first-order chi connectivity index (χ1) is 10.8. The van der Waals surface area contributed by atoms with E-state index in [0.29, 0.717) is 24.3 Å². The van der Waals surface area contributed by atoms with Crippen LogP contribution in [0.3, 0.4) is 0 Å². The molecule has 128 valence electrons. The van der Waals surface area contributed by atoms with Crippen molar-refractivity contribution in [3.63, 3.8) is 0 Å². The highest BCUT2D eigenvalue weighted by molar-refractivity contribution is 7.92. The van der Waals surface area contributed by atoms with Crippen LogP contribution in [0.1, 0.15) is 42.6 Å². The van der Waals surface area contributed by atoms with E-state index in [9.17, 15) is 13.2 Å². The van der Waals surface area contributed by atoms with Gasteiger partial charge in [-0.3, -0.25) is 4.72 Å². The first kappa shape index (κ1) is 17.7. The maximum atomic E-state index is 12.3. The van der Waals surface area contributed by atoms with Crippen LogP contribution in [0.25, 0.3) is 0 Å². The lowest BCUT2D eigenvalue weighted by atomic mass is 9.99. The Morgan fingerprint density at radius 1 is 1.43 bits per heavy atom. The van der Waals surface area contributed by atoms with E-state index < -0.39 is 16.0 Å². The number of sulfonamides is 1. The predicted molar refractivity (Wildman–Crippen MR) is 88.3 cm³/mol. The van der Waals surface area contributed by atoms with Gasteiger partial charge in [-0.05, 0) is 48.9 Å². The summed E-state index contributed by atoms with van der Waals surface area (Å²) in [7, 11) is -3.53. The highest BCUT2D eigenvalue weighted by Gasteiger charge is 2.24. The maximum Gasteiger partial charge on any atom is 0.335 e. The van der Waals surface area contributed by atoms with Gasteiger partial charge in [0, 0.05) is 6.61 Å². The Morgan fingerprint density at radius 2 is 2.17 bits per heavy atom. The molecular formula is C16H23NO5S. The standard InChI is InChI=1S/C16H23NO5S/c1-11(2)8-13-9-12(16(18)19)5-6-15(13)17-23(20,21)10-14-4-3-7-22-14/h5-6,9,11,14,17H,3-4,7-8,10H2,1-2H3,(H,18,19). The smallest absolute Gasteiger partial charge is 0.335 e. The molecule has 1 aliphatic rings. The van der Waals surface area contributed by atoms with E-state index in [-0.39, 0.29) is 23.3 Å². The second-order valence-electron chi connectivity index (χ2n) is 6.29. The molecule has 0 spiro atoms. The molecule has 0 aliphatic carbocycles. The molecule has 1 aromatic rings. The van der Waals surface area contributed by atoms with E-state index in [1.54, 1.807) is 0 Å². The van der Waals surface area contributed by atoms with Crippen molar-refractivity contribution in [2.75, 3.05) is 17.1 Å². The molecule has 0 bridgehead atoms. The van der Waals surface area contributed by atoms with Gasteiger partial charge in [0.05, 0.1) is 23.1 Å². The quantitative estimate of drug-likeness (QED) is 0.795. The molecule has 1 aliphatic heterocycles. The van der Waals surface area contributed by atoms with Crippen molar-refractivity contribution in [1.29, 1.82) is 0 Å². The number of carboxylic acids is 1. The van der Waals surface area contributed by atoms with Gasteiger partial charge in [0.2, 0.25) is 10.0 Å². The summed E-state index contributed by atoms with van der Waals surface area (Å²) < 4.78 is 32.6. The molecule has 0 radical (unpaired) electrons. The van der Waals surface area contributed by atoms with Crippen molar-refractivity contribution < 1.29 is 23.1 Å². The lowest BCUT2D eigenvalue weighted by Crippen LogP contribution is -2.26. The maximum absolute atomic E-state index is 12.3. The Morgan fingerprint density at radius 3 is 2.74 bits per heavy atom. The molecule has 1 fully saturated rings. The zero-order valence-electron chi connectivity index (χ0n) is 13.4. The number of nitrogens with one attached hydrogen (secondary N) is 1. The molecule has 1 unspecified atom stereocenters. The normalized spacial score (nSPS) is 18.3. The average Bonchev–Trinajstić information content (AvgIpc) is 2.91. The summed E-state index contributed by atoms with van der Waals surface area (Å²) in [4.78, 5) is 11.1. The molecule has 0 amide bonds. The van der Waals surface area contributed by atoms with Gasteiger partial charge in [0.1, 0.15) is 0 Å². The molecule has 6 nitrogen and oxygen atoms in total. The van der Waals surface area contributed by atoms with Crippen LogP contribution in [0.2, 0.25) is 0 Å². The third kappa shape index (κ3) is 5.21. The summed E-state index contributed by atoms with van der Waals surface area (Å²) in [5.41, 5.74) is 1.29. The Bertz CT molecular complexity index is 663. The van der Waals surface area contributed by atoms with Gasteiger partial charge in [0.25, 0.3) is 0 Å². The fourth-order valence-corrected chi connectivity index (χ4v) is 4.03. The largest absolute Gasteiger partial charge is 0.478 e. The number of hydrogen-bond acceptors (Lipinski definition) is 4. The number of carboxylic acid groups (broad SMARTS) is 1. The third-order valence-corrected chi connectivity index (χ3v) is 5.02. The molecule has 1 heterocycles. The number of carbonyl (C=O) groups is 1. The van der Waals surface area contributed by atoms with Gasteiger partial charge in [-0.2, -0.15) is 0 Å². The van der Waals surface area contributed by atoms with E-state index in [2.05, 4.69) is 4.72 Å². The molecule has 2 rings (SSSR count). The number of ether oxygens (including phenoxy) is 1. The van der Waals surface area contributed by atoms with Crippen LogP contribution in [-0.2, 0) is 21.2 Å². The molecule has 1 aromatic carbocycles. The van der Waals surface area contributed by atoms with Crippen molar-refractivity contribution in [3.05, 3.63) is 29.3 Å². The van der Waals surface area contributed by atoms with Crippen LogP contribution >= 0.6 is 0 Å². The van der Waals surface area contributed by atoms with Crippen LogP contribution in [0.4, 0.5) is 5.69 Å². The first-order valence-corrected chi connectivity index (χ1v) is 9.40. The fraction of sp³-hybridized carbons (Fsp3) is 0.562. The van der Waals surface area contributed by atoms with E-state index in [1.165, 1.54) is 18.2 Å². The third-order valence-electron chi connectivity index (χ3n) is 3.68. The number of aromatic carboxylic acids is 1. The summed E-state index contributed by atoms with van der Waals surface area (Å²) in [6.07, 6.45) is 1.96. The highest BCUT2D eigenvalue weighted by atomic mass is 32.2. The summed E-state index contributed by atoms with van der Waals surface area (Å²) in [6, 6.07) is 4.47. The average molecular weight is 341 g/mol. The van der Waals surface area contributed by atoms with Crippen molar-refractivity contribution in [2.45, 2.75) is 39.2 Å². The van der Waals surface area contributed by atoms with Crippen LogP contribution in [-0.4, -0.2) is 38.0 Å². The summed E-state index contributed by atoms with van der Waals surface area (Å²) >= 11 is 0. The number of rotatable bonds is 7. The van der Waals surface area contributed by atoms with Crippen molar-refractivity contribution in [3.8, 4) is 0 Å². The van der Waals surface area contributed by atoms with Crippen LogP contribution in [0.15, 0.2) is 18.2 Å². The van der Waals surface area contributed by atoms with Crippen molar-refractivity contribution in [2.24, 2.45) is 5.92 Å². The lowest BCUT2D eigenvalue weighted by molar-refractivity contribution is 0.0696. The van der Waals surface area contributed by atoms with Crippen LogP contribution < -0.4 is 4.72 Å². The lowest BCUT2D eigenvalue weighted by Gasteiger charge is -2.16. The minimum atomic E-state index is -3.53. The zero-order chi connectivity index (χ0) is 17.0. The van der Waals surface area contributed by atoms with E-state index >= 15 is 0 Å². The van der Waals surface area contributed by atoms with Crippen LogP contribution in [0, 0.1) is 5.92 Å². The van der Waals surface area contributed by atoms with Gasteiger partial charge >= 0.3 is 5.97 Å². The molecule has 1 atom stereocenters. The van der Waals surface area contributed by atoms with E-state index in [0.717, 1.165) is 12.8 Å². The SMILES string of the molecule is CC(C)Cc1cc(C(=O)O)ccc1NS(=O)(=O)CC1CCCO1. The summed E-state index contributed by atoms with van der Waals surface area (Å²) in [5, 5.41) is 9.10. The minimum absolute atomic E-state index is 0.0746. The molecule has 23 heavy (non-hydrogen) atoms. The van der Waals surface area contributed by atoms with Crippen molar-refractivity contribution in [1.82, 2.24) is 0 Å². The van der Waals surface area contributed by atoms with Gasteiger partial charge in [-0.1, -0.05) is 13.8 Å². The molecule has 1 saturated heterocycles. The Labute approximate surface area is 136 Å².